The molecule has 0 radical (unpaired) electrons. The van der Waals surface area contributed by atoms with Crippen LogP contribution in [-0.4, -0.2) is 18.9 Å². The summed E-state index contributed by atoms with van der Waals surface area (Å²) in [4.78, 5) is 10.4. The number of carbonyl (C=O) groups excluding carboxylic acids is 1. The average molecular weight is 130 g/mol. The van der Waals surface area contributed by atoms with Crippen LogP contribution in [0.25, 0.3) is 0 Å². The maximum Gasteiger partial charge on any atom is 0.508 e. The van der Waals surface area contributed by atoms with Gasteiger partial charge in [-0.05, 0) is 19.8 Å². The molecule has 1 saturated heterocycles. The first-order chi connectivity index (χ1) is 4.29. The zero-order chi connectivity index (χ0) is 6.69. The Hall–Kier alpha value is -0.730. The molecule has 3 nitrogen and oxygen atoms in total. The van der Waals surface area contributed by atoms with Gasteiger partial charge in [-0.25, -0.2) is 4.79 Å². The molecule has 0 bridgehead atoms. The molecule has 0 amide bonds. The lowest BCUT2D eigenvalue weighted by molar-refractivity contribution is 0.0488. The van der Waals surface area contributed by atoms with E-state index < -0.39 is 6.16 Å². The lowest BCUT2D eigenvalue weighted by Gasteiger charge is -2.04. The van der Waals surface area contributed by atoms with Crippen molar-refractivity contribution >= 4 is 6.16 Å². The first kappa shape index (κ1) is 6.39. The van der Waals surface area contributed by atoms with Gasteiger partial charge in [-0.15, -0.1) is 0 Å². The van der Waals surface area contributed by atoms with Gasteiger partial charge in [0.1, 0.15) is 6.10 Å². The summed E-state index contributed by atoms with van der Waals surface area (Å²) < 4.78 is 9.36. The highest BCUT2D eigenvalue weighted by atomic mass is 16.7. The molecule has 0 spiro atoms. The predicted octanol–water partition coefficient (Wildman–Crippen LogP) is 1.32. The fourth-order valence-electron chi connectivity index (χ4n) is 0.784. The van der Waals surface area contributed by atoms with E-state index in [-0.39, 0.29) is 6.10 Å². The Morgan fingerprint density at radius 2 is 2.44 bits per heavy atom. The van der Waals surface area contributed by atoms with Crippen LogP contribution in [0.3, 0.4) is 0 Å². The van der Waals surface area contributed by atoms with Crippen molar-refractivity contribution < 1.29 is 14.3 Å². The number of ether oxygens (including phenoxy) is 2. The number of hydrogen-bond acceptors (Lipinski definition) is 3. The molecular formula is C6H10O3. The normalized spacial score (nSPS) is 28.1. The summed E-state index contributed by atoms with van der Waals surface area (Å²) in [5.74, 6) is 0. The molecule has 0 aromatic carbocycles. The smallest absolute Gasteiger partial charge is 0.434 e. The minimum absolute atomic E-state index is 0.0278. The molecule has 0 saturated carbocycles. The summed E-state index contributed by atoms with van der Waals surface area (Å²) in [6.45, 7) is 2.37. The molecule has 1 atom stereocenters. The van der Waals surface area contributed by atoms with Gasteiger partial charge in [0.25, 0.3) is 0 Å². The molecule has 1 aliphatic rings. The monoisotopic (exact) mass is 130 g/mol. The molecule has 52 valence electrons. The minimum Gasteiger partial charge on any atom is -0.434 e. The molecular weight excluding hydrogens is 120 g/mol. The number of cyclic esters (lactones) is 2. The second-order valence-corrected chi connectivity index (χ2v) is 2.17. The van der Waals surface area contributed by atoms with Crippen molar-refractivity contribution in [3.05, 3.63) is 0 Å². The van der Waals surface area contributed by atoms with Crippen LogP contribution >= 0.6 is 0 Å². The molecule has 0 aliphatic carbocycles. The van der Waals surface area contributed by atoms with Crippen molar-refractivity contribution in [2.75, 3.05) is 6.61 Å². The molecule has 0 unspecified atom stereocenters. The van der Waals surface area contributed by atoms with Crippen molar-refractivity contribution in [2.24, 2.45) is 0 Å². The SMILES string of the molecule is C[C@@H]1CCCOC(=O)O1. The molecule has 1 aliphatic heterocycles. The maximum absolute atomic E-state index is 10.4. The molecule has 1 heterocycles. The van der Waals surface area contributed by atoms with E-state index in [1.807, 2.05) is 6.92 Å². The summed E-state index contributed by atoms with van der Waals surface area (Å²) in [6.07, 6.45) is 1.32. The van der Waals surface area contributed by atoms with E-state index in [1.54, 1.807) is 0 Å². The predicted molar refractivity (Wildman–Crippen MR) is 31.1 cm³/mol. The highest BCUT2D eigenvalue weighted by Crippen LogP contribution is 2.07. The van der Waals surface area contributed by atoms with Crippen molar-refractivity contribution in [1.29, 1.82) is 0 Å². The van der Waals surface area contributed by atoms with Gasteiger partial charge in [0.05, 0.1) is 6.61 Å². The Kier molecular flexibility index (Phi) is 1.92. The van der Waals surface area contributed by atoms with E-state index in [0.29, 0.717) is 6.61 Å². The summed E-state index contributed by atoms with van der Waals surface area (Å²) in [7, 11) is 0. The van der Waals surface area contributed by atoms with E-state index in [0.717, 1.165) is 12.8 Å². The Balaban J connectivity index is 2.37. The Morgan fingerprint density at radius 3 is 3.22 bits per heavy atom. The van der Waals surface area contributed by atoms with E-state index in [4.69, 9.17) is 4.74 Å². The van der Waals surface area contributed by atoms with Gasteiger partial charge < -0.3 is 9.47 Å². The van der Waals surface area contributed by atoms with Crippen molar-refractivity contribution in [1.82, 2.24) is 0 Å². The number of rotatable bonds is 0. The van der Waals surface area contributed by atoms with Gasteiger partial charge in [-0.3, -0.25) is 0 Å². The van der Waals surface area contributed by atoms with E-state index in [2.05, 4.69) is 4.74 Å². The van der Waals surface area contributed by atoms with Crippen LogP contribution in [0.4, 0.5) is 4.79 Å². The van der Waals surface area contributed by atoms with Gasteiger partial charge in [-0.1, -0.05) is 0 Å². The van der Waals surface area contributed by atoms with Crippen molar-refractivity contribution in [3.63, 3.8) is 0 Å². The van der Waals surface area contributed by atoms with Crippen LogP contribution < -0.4 is 0 Å². The lowest BCUT2D eigenvalue weighted by Crippen LogP contribution is -2.10. The van der Waals surface area contributed by atoms with Crippen LogP contribution in [-0.2, 0) is 9.47 Å². The third-order valence-electron chi connectivity index (χ3n) is 1.27. The van der Waals surface area contributed by atoms with Crippen LogP contribution in [0.15, 0.2) is 0 Å². The van der Waals surface area contributed by atoms with E-state index >= 15 is 0 Å². The number of carbonyl (C=O) groups is 1. The Morgan fingerprint density at radius 1 is 1.67 bits per heavy atom. The van der Waals surface area contributed by atoms with E-state index in [9.17, 15) is 4.79 Å². The lowest BCUT2D eigenvalue weighted by atomic mass is 10.2. The molecule has 1 rings (SSSR count). The molecule has 0 aromatic rings. The summed E-state index contributed by atoms with van der Waals surface area (Å²) >= 11 is 0. The summed E-state index contributed by atoms with van der Waals surface area (Å²) in [6, 6.07) is 0. The van der Waals surface area contributed by atoms with Crippen LogP contribution in [0, 0.1) is 0 Å². The largest absolute Gasteiger partial charge is 0.508 e. The second-order valence-electron chi connectivity index (χ2n) is 2.17. The highest BCUT2D eigenvalue weighted by molar-refractivity contribution is 5.60. The zero-order valence-electron chi connectivity index (χ0n) is 5.42. The first-order valence-corrected chi connectivity index (χ1v) is 3.12. The average Bonchev–Trinajstić information content (AvgIpc) is 1.93. The number of hydrogen-bond donors (Lipinski definition) is 0. The zero-order valence-corrected chi connectivity index (χ0v) is 5.42. The molecule has 9 heavy (non-hydrogen) atoms. The standard InChI is InChI=1S/C6H10O3/c1-5-3-2-4-8-6(7)9-5/h5H,2-4H2,1H3/t5-/m1/s1. The third-order valence-corrected chi connectivity index (χ3v) is 1.27. The maximum atomic E-state index is 10.4. The van der Waals surface area contributed by atoms with Gasteiger partial charge in [-0.2, -0.15) is 0 Å². The highest BCUT2D eigenvalue weighted by Gasteiger charge is 2.14. The first-order valence-electron chi connectivity index (χ1n) is 3.12. The fraction of sp³-hybridized carbons (Fsp3) is 0.833. The topological polar surface area (TPSA) is 35.5 Å². The molecule has 0 aromatic heterocycles. The molecule has 3 heteroatoms. The van der Waals surface area contributed by atoms with E-state index in [1.165, 1.54) is 0 Å². The van der Waals surface area contributed by atoms with Gasteiger partial charge in [0, 0.05) is 0 Å². The van der Waals surface area contributed by atoms with Crippen LogP contribution in [0.2, 0.25) is 0 Å². The van der Waals surface area contributed by atoms with Crippen LogP contribution in [0.5, 0.6) is 0 Å². The van der Waals surface area contributed by atoms with Gasteiger partial charge in [0.2, 0.25) is 0 Å². The Labute approximate surface area is 53.9 Å². The molecule has 0 N–H and O–H groups in total. The van der Waals surface area contributed by atoms with Crippen molar-refractivity contribution in [2.45, 2.75) is 25.9 Å². The Bertz CT molecular complexity index is 111. The van der Waals surface area contributed by atoms with Gasteiger partial charge >= 0.3 is 6.16 Å². The quantitative estimate of drug-likeness (QED) is 0.464. The van der Waals surface area contributed by atoms with Gasteiger partial charge in [0.15, 0.2) is 0 Å². The van der Waals surface area contributed by atoms with Crippen molar-refractivity contribution in [3.8, 4) is 0 Å². The molecule has 1 fully saturated rings. The fourth-order valence-corrected chi connectivity index (χ4v) is 0.784. The third kappa shape index (κ3) is 1.91. The summed E-state index contributed by atoms with van der Waals surface area (Å²) in [5.41, 5.74) is 0. The second kappa shape index (κ2) is 2.71. The summed E-state index contributed by atoms with van der Waals surface area (Å²) in [5, 5.41) is 0. The van der Waals surface area contributed by atoms with Crippen LogP contribution in [0.1, 0.15) is 19.8 Å². The minimum atomic E-state index is -0.528.